The Labute approximate surface area is 165 Å². The van der Waals surface area contributed by atoms with E-state index < -0.39 is 18.1 Å². The van der Waals surface area contributed by atoms with Crippen LogP contribution in [0.5, 0.6) is 0 Å². The van der Waals surface area contributed by atoms with E-state index >= 15 is 0 Å². The molecule has 4 N–H and O–H groups in total. The van der Waals surface area contributed by atoms with Crippen LogP contribution >= 0.6 is 11.3 Å². The van der Waals surface area contributed by atoms with Gasteiger partial charge in [-0.25, -0.2) is 0 Å². The molecule has 4 atom stereocenters. The molecular formula is C21H31NO4S. The minimum absolute atomic E-state index is 0.0662. The zero-order valence-electron chi connectivity index (χ0n) is 15.8. The highest BCUT2D eigenvalue weighted by Gasteiger charge is 2.44. The van der Waals surface area contributed by atoms with Gasteiger partial charge in [-0.3, -0.25) is 9.59 Å². The molecule has 0 saturated heterocycles. The number of thiophene rings is 1. The maximum Gasteiger partial charge on any atom is 0.217 e. The van der Waals surface area contributed by atoms with E-state index in [1.54, 1.807) is 11.3 Å². The molecule has 150 valence electrons. The molecule has 1 aromatic heterocycles. The molecule has 0 radical (unpaired) electrons. The molecule has 1 amide bonds. The Kier molecular flexibility index (Phi) is 9.18. The number of nitrogens with two attached hydrogens (primary N) is 1. The summed E-state index contributed by atoms with van der Waals surface area (Å²) >= 11 is 1.68. The van der Waals surface area contributed by atoms with E-state index in [1.807, 2.05) is 12.2 Å². The number of ketones is 1. The summed E-state index contributed by atoms with van der Waals surface area (Å²) in [6, 6.07) is 2.11. The molecule has 0 aliphatic heterocycles. The van der Waals surface area contributed by atoms with Gasteiger partial charge in [-0.1, -0.05) is 12.2 Å². The van der Waals surface area contributed by atoms with E-state index in [0.29, 0.717) is 25.7 Å². The number of carbonyl (C=O) groups is 2. The van der Waals surface area contributed by atoms with Crippen molar-refractivity contribution in [1.82, 2.24) is 0 Å². The summed E-state index contributed by atoms with van der Waals surface area (Å²) in [6.07, 6.45) is 8.36. The third kappa shape index (κ3) is 7.20. The Balaban J connectivity index is 1.76. The van der Waals surface area contributed by atoms with Crippen molar-refractivity contribution in [1.29, 1.82) is 0 Å². The van der Waals surface area contributed by atoms with Crippen LogP contribution in [0.4, 0.5) is 0 Å². The van der Waals surface area contributed by atoms with Crippen LogP contribution in [0.25, 0.3) is 0 Å². The van der Waals surface area contributed by atoms with E-state index in [0.717, 1.165) is 25.7 Å². The lowest BCUT2D eigenvalue weighted by atomic mass is 9.85. The van der Waals surface area contributed by atoms with Crippen LogP contribution < -0.4 is 5.73 Å². The second-order valence-corrected chi connectivity index (χ2v) is 8.21. The summed E-state index contributed by atoms with van der Waals surface area (Å²) in [6.45, 7) is 0. The van der Waals surface area contributed by atoms with E-state index in [4.69, 9.17) is 5.73 Å². The minimum Gasteiger partial charge on any atom is -0.393 e. The number of rotatable bonds is 12. The van der Waals surface area contributed by atoms with Gasteiger partial charge in [0.1, 0.15) is 5.78 Å². The van der Waals surface area contributed by atoms with E-state index in [2.05, 4.69) is 16.8 Å². The van der Waals surface area contributed by atoms with Crippen LogP contribution in [0.2, 0.25) is 0 Å². The van der Waals surface area contributed by atoms with Gasteiger partial charge in [-0.05, 0) is 60.9 Å². The average molecular weight is 394 g/mol. The van der Waals surface area contributed by atoms with Gasteiger partial charge in [0.2, 0.25) is 5.91 Å². The molecule has 0 bridgehead atoms. The quantitative estimate of drug-likeness (QED) is 0.375. The van der Waals surface area contributed by atoms with Crippen molar-refractivity contribution in [3.8, 4) is 0 Å². The molecule has 2 rings (SSSR count). The zero-order valence-corrected chi connectivity index (χ0v) is 16.6. The number of amides is 1. The fraction of sp³-hybridized carbons (Fsp3) is 0.619. The lowest BCUT2D eigenvalue weighted by molar-refractivity contribution is -0.127. The smallest absolute Gasteiger partial charge is 0.217 e. The Morgan fingerprint density at radius 2 is 1.96 bits per heavy atom. The molecule has 1 saturated carbocycles. The normalized spacial score (nSPS) is 25.3. The number of primary amides is 1. The fourth-order valence-electron chi connectivity index (χ4n) is 3.85. The molecule has 27 heavy (non-hydrogen) atoms. The van der Waals surface area contributed by atoms with Crippen molar-refractivity contribution >= 4 is 23.0 Å². The molecule has 1 fully saturated rings. The van der Waals surface area contributed by atoms with E-state index in [9.17, 15) is 19.8 Å². The van der Waals surface area contributed by atoms with Crippen LogP contribution in [0.3, 0.4) is 0 Å². The summed E-state index contributed by atoms with van der Waals surface area (Å²) < 4.78 is 0. The van der Waals surface area contributed by atoms with Gasteiger partial charge in [-0.2, -0.15) is 11.3 Å². The number of unbranched alkanes of at least 4 members (excludes halogenated alkanes) is 2. The van der Waals surface area contributed by atoms with Crippen molar-refractivity contribution in [2.45, 2.75) is 70.0 Å². The van der Waals surface area contributed by atoms with Gasteiger partial charge in [0.05, 0.1) is 12.2 Å². The SMILES string of the molecule is NC(=O)CCCC=CCC1C(C(=O)CCCCc2ccsc2)[C@H](O)C[C@@H]1O. The number of aryl methyl sites for hydroxylation is 1. The Morgan fingerprint density at radius 1 is 1.15 bits per heavy atom. The van der Waals surface area contributed by atoms with Crippen molar-refractivity contribution in [3.05, 3.63) is 34.5 Å². The first kappa shape index (κ1) is 21.8. The van der Waals surface area contributed by atoms with Gasteiger partial charge >= 0.3 is 0 Å². The van der Waals surface area contributed by atoms with Gasteiger partial charge in [0.15, 0.2) is 0 Å². The van der Waals surface area contributed by atoms with Crippen molar-refractivity contribution in [2.75, 3.05) is 0 Å². The first-order valence-electron chi connectivity index (χ1n) is 9.82. The molecule has 0 aromatic carbocycles. The van der Waals surface area contributed by atoms with Crippen LogP contribution in [0.15, 0.2) is 29.0 Å². The van der Waals surface area contributed by atoms with Gasteiger partial charge < -0.3 is 15.9 Å². The summed E-state index contributed by atoms with van der Waals surface area (Å²) in [5.41, 5.74) is 6.42. The lowest BCUT2D eigenvalue weighted by Gasteiger charge is -2.21. The highest BCUT2D eigenvalue weighted by Crippen LogP contribution is 2.37. The number of hydrogen-bond acceptors (Lipinski definition) is 5. The first-order chi connectivity index (χ1) is 13.0. The highest BCUT2D eigenvalue weighted by molar-refractivity contribution is 7.07. The number of hydrogen-bond donors (Lipinski definition) is 3. The summed E-state index contributed by atoms with van der Waals surface area (Å²) in [4.78, 5) is 23.4. The minimum atomic E-state index is -0.752. The summed E-state index contributed by atoms with van der Waals surface area (Å²) in [7, 11) is 0. The molecule has 1 aromatic rings. The fourth-order valence-corrected chi connectivity index (χ4v) is 4.55. The average Bonchev–Trinajstić information content (AvgIpc) is 3.22. The topological polar surface area (TPSA) is 101 Å². The van der Waals surface area contributed by atoms with Gasteiger partial charge in [-0.15, -0.1) is 0 Å². The van der Waals surface area contributed by atoms with Crippen LogP contribution in [-0.2, 0) is 16.0 Å². The lowest BCUT2D eigenvalue weighted by Crippen LogP contribution is -2.29. The van der Waals surface area contributed by atoms with Crippen LogP contribution in [0.1, 0.15) is 56.9 Å². The molecule has 2 unspecified atom stereocenters. The number of aliphatic hydroxyl groups excluding tert-OH is 2. The number of carbonyl (C=O) groups excluding carboxylic acids is 2. The van der Waals surface area contributed by atoms with E-state index in [1.165, 1.54) is 5.56 Å². The zero-order chi connectivity index (χ0) is 19.6. The molecular weight excluding hydrogens is 362 g/mol. The molecule has 1 aliphatic carbocycles. The predicted molar refractivity (Wildman–Crippen MR) is 107 cm³/mol. The van der Waals surface area contributed by atoms with E-state index in [-0.39, 0.29) is 24.0 Å². The van der Waals surface area contributed by atoms with Crippen molar-refractivity contribution < 1.29 is 19.8 Å². The molecule has 0 spiro atoms. The van der Waals surface area contributed by atoms with Gasteiger partial charge in [0.25, 0.3) is 0 Å². The van der Waals surface area contributed by atoms with Crippen LogP contribution in [-0.4, -0.2) is 34.1 Å². The second kappa shape index (κ2) is 11.4. The number of allylic oxidation sites excluding steroid dienone is 2. The maximum atomic E-state index is 12.6. The molecule has 1 heterocycles. The highest BCUT2D eigenvalue weighted by atomic mass is 32.1. The summed E-state index contributed by atoms with van der Waals surface area (Å²) in [5, 5.41) is 24.7. The summed E-state index contributed by atoms with van der Waals surface area (Å²) in [5.74, 6) is -0.938. The maximum absolute atomic E-state index is 12.6. The number of aliphatic hydroxyl groups is 2. The van der Waals surface area contributed by atoms with Gasteiger partial charge in [0, 0.05) is 31.1 Å². The third-order valence-electron chi connectivity index (χ3n) is 5.31. The molecule has 1 aliphatic rings. The largest absolute Gasteiger partial charge is 0.393 e. The first-order valence-corrected chi connectivity index (χ1v) is 10.8. The third-order valence-corrected chi connectivity index (χ3v) is 6.04. The standard InChI is InChI=1S/C21H31NO4S/c22-20(26)10-4-2-1-3-8-16-18(24)13-19(25)21(16)17(23)9-6-5-7-15-11-12-27-14-15/h1,3,11-12,14,16,18-19,21,24-25H,2,4-10,13H2,(H2,22,26)/t16?,18-,19+,21?/m0/s1. The second-order valence-electron chi connectivity index (χ2n) is 7.43. The molecule has 6 heteroatoms. The molecule has 5 nitrogen and oxygen atoms in total. The monoisotopic (exact) mass is 393 g/mol. The Morgan fingerprint density at radius 3 is 2.67 bits per heavy atom. The Bertz CT molecular complexity index is 614. The van der Waals surface area contributed by atoms with Crippen molar-refractivity contribution in [3.63, 3.8) is 0 Å². The predicted octanol–water partition coefficient (Wildman–Crippen LogP) is 2.99. The Hall–Kier alpha value is -1.50. The van der Waals surface area contributed by atoms with Crippen LogP contribution in [0, 0.1) is 11.8 Å². The number of Topliss-reactive ketones (excluding diaryl/α,β-unsaturated/α-hetero) is 1. The van der Waals surface area contributed by atoms with Crippen molar-refractivity contribution in [2.24, 2.45) is 17.6 Å².